The summed E-state index contributed by atoms with van der Waals surface area (Å²) in [6.07, 6.45) is 0.448. The van der Waals surface area contributed by atoms with Gasteiger partial charge in [-0.25, -0.2) is 9.59 Å². The van der Waals surface area contributed by atoms with Crippen molar-refractivity contribution in [1.82, 2.24) is 25.1 Å². The van der Waals surface area contributed by atoms with Crippen molar-refractivity contribution in [3.63, 3.8) is 0 Å². The normalized spacial score (nSPS) is 20.2. The predicted molar refractivity (Wildman–Crippen MR) is 97.4 cm³/mol. The number of rotatable bonds is 5. The fourth-order valence-corrected chi connectivity index (χ4v) is 3.80. The minimum atomic E-state index is -1.30. The number of urea groups is 1. The van der Waals surface area contributed by atoms with Gasteiger partial charge >= 0.3 is 12.1 Å². The molecule has 10 heteroatoms. The third-order valence-electron chi connectivity index (χ3n) is 5.02. The lowest BCUT2D eigenvalue weighted by Crippen LogP contribution is -2.39. The molecule has 0 spiro atoms. The second-order valence-corrected chi connectivity index (χ2v) is 6.77. The Morgan fingerprint density at radius 2 is 2.14 bits per heavy atom. The number of hydrogen-bond acceptors (Lipinski definition) is 5. The Hall–Kier alpha value is -3.40. The number of aromatic nitrogens is 2. The van der Waals surface area contributed by atoms with Crippen molar-refractivity contribution in [2.45, 2.75) is 25.1 Å². The molecule has 2 aliphatic rings. The number of amidine groups is 1. The number of benzene rings is 1. The molecule has 1 fully saturated rings. The summed E-state index contributed by atoms with van der Waals surface area (Å²) in [5, 5.41) is 24.5. The Morgan fingerprint density at radius 3 is 2.86 bits per heavy atom. The van der Waals surface area contributed by atoms with Crippen LogP contribution < -0.4 is 5.32 Å². The number of carbonyl (C=O) groups excluding carboxylic acids is 1. The topological polar surface area (TPSA) is 124 Å². The van der Waals surface area contributed by atoms with Gasteiger partial charge in [-0.15, -0.1) is 0 Å². The second kappa shape index (κ2) is 6.97. The van der Waals surface area contributed by atoms with Crippen LogP contribution in [0.5, 0.6) is 0 Å². The average molecular weight is 384 g/mol. The first-order valence-corrected chi connectivity index (χ1v) is 8.81. The minimum Gasteiger partial charge on any atom is -0.465 e. The van der Waals surface area contributed by atoms with Gasteiger partial charge in [0.1, 0.15) is 18.5 Å². The molecule has 1 saturated heterocycles. The molecule has 0 unspecified atom stereocenters. The lowest BCUT2D eigenvalue weighted by molar-refractivity contribution is -0.141. The number of aryl methyl sites for hydroxylation is 1. The highest BCUT2D eigenvalue weighted by Gasteiger charge is 2.50. The lowest BCUT2D eigenvalue weighted by Gasteiger charge is -2.31. The molecule has 2 aliphatic heterocycles. The summed E-state index contributed by atoms with van der Waals surface area (Å²) in [6, 6.07) is 8.48. The lowest BCUT2D eigenvalue weighted by atomic mass is 9.95. The first-order valence-electron chi connectivity index (χ1n) is 8.81. The molecule has 10 nitrogen and oxygen atoms in total. The van der Waals surface area contributed by atoms with Crippen LogP contribution in [0.4, 0.5) is 9.59 Å². The highest BCUT2D eigenvalue weighted by atomic mass is 16.7. The Balaban J connectivity index is 1.59. The zero-order valence-electron chi connectivity index (χ0n) is 15.2. The third kappa shape index (κ3) is 3.07. The van der Waals surface area contributed by atoms with Crippen molar-refractivity contribution in [1.29, 1.82) is 5.41 Å². The summed E-state index contributed by atoms with van der Waals surface area (Å²) < 4.78 is 1.67. The number of carbonyl (C=O) groups is 2. The maximum atomic E-state index is 13.0. The smallest absolute Gasteiger partial charge is 0.410 e. The van der Waals surface area contributed by atoms with Crippen molar-refractivity contribution in [3.8, 4) is 0 Å². The fraction of sp³-hybridized carbons (Fsp3) is 0.333. The van der Waals surface area contributed by atoms with E-state index in [0.717, 1.165) is 16.8 Å². The number of nitrogens with one attached hydrogen (secondary N) is 2. The first kappa shape index (κ1) is 18.0. The van der Waals surface area contributed by atoms with Crippen LogP contribution in [0.1, 0.15) is 35.3 Å². The van der Waals surface area contributed by atoms with Crippen LogP contribution in [0, 0.1) is 5.41 Å². The zero-order valence-corrected chi connectivity index (χ0v) is 15.2. The van der Waals surface area contributed by atoms with E-state index in [-0.39, 0.29) is 30.9 Å². The van der Waals surface area contributed by atoms with E-state index < -0.39 is 12.1 Å². The predicted octanol–water partition coefficient (Wildman–Crippen LogP) is 2.02. The molecule has 2 atom stereocenters. The summed E-state index contributed by atoms with van der Waals surface area (Å²) in [5.41, 5.74) is 2.58. The number of hydroxylamine groups is 2. The van der Waals surface area contributed by atoms with Crippen molar-refractivity contribution in [3.05, 3.63) is 53.3 Å². The SMILES string of the molecule is Cn1ncc2c1[C@@H](CC(=N)NC(=O)O)N1C[C@H]2N(OCc2ccccc2)C1=O. The van der Waals surface area contributed by atoms with Gasteiger partial charge in [0.15, 0.2) is 0 Å². The molecule has 146 valence electrons. The van der Waals surface area contributed by atoms with E-state index in [4.69, 9.17) is 15.4 Å². The Morgan fingerprint density at radius 1 is 1.39 bits per heavy atom. The second-order valence-electron chi connectivity index (χ2n) is 6.77. The quantitative estimate of drug-likeness (QED) is 0.537. The standard InChI is InChI=1S/C18H20N6O4/c1-22-16-12(8-20-22)14-9-23(13(16)7-15(19)21-17(25)26)18(27)24(14)28-10-11-5-3-2-4-6-11/h2-6,8,13-14H,7,9-10H2,1H3,(H2,19,21)(H,25,26)/t13-,14-/m1/s1. The molecule has 3 amide bonds. The van der Waals surface area contributed by atoms with Crippen LogP contribution >= 0.6 is 0 Å². The molecule has 28 heavy (non-hydrogen) atoms. The molecule has 0 saturated carbocycles. The molecule has 2 bridgehead atoms. The third-order valence-corrected chi connectivity index (χ3v) is 5.02. The van der Waals surface area contributed by atoms with Gasteiger partial charge in [-0.3, -0.25) is 20.2 Å². The Kier molecular flexibility index (Phi) is 4.47. The Bertz CT molecular complexity index is 927. The van der Waals surface area contributed by atoms with Gasteiger partial charge in [-0.2, -0.15) is 10.2 Å². The molecule has 3 N–H and O–H groups in total. The number of hydrogen-bond donors (Lipinski definition) is 3. The maximum absolute atomic E-state index is 13.0. The highest BCUT2D eigenvalue weighted by molar-refractivity contribution is 5.93. The molecular weight excluding hydrogens is 364 g/mol. The van der Waals surface area contributed by atoms with Gasteiger partial charge in [-0.05, 0) is 5.56 Å². The molecule has 3 heterocycles. The van der Waals surface area contributed by atoms with Crippen molar-refractivity contribution in [2.24, 2.45) is 7.05 Å². The number of fused-ring (bicyclic) bond motifs is 4. The van der Waals surface area contributed by atoms with Crippen molar-refractivity contribution >= 4 is 18.0 Å². The average Bonchev–Trinajstić information content (AvgIpc) is 3.17. The fourth-order valence-electron chi connectivity index (χ4n) is 3.80. The van der Waals surface area contributed by atoms with Gasteiger partial charge in [0.25, 0.3) is 0 Å². The number of carboxylic acid groups (broad SMARTS) is 1. The summed E-state index contributed by atoms with van der Waals surface area (Å²) in [6.45, 7) is 0.658. The minimum absolute atomic E-state index is 0.0455. The number of nitrogens with zero attached hydrogens (tertiary/aromatic N) is 4. The van der Waals surface area contributed by atoms with E-state index in [1.165, 1.54) is 5.06 Å². The highest BCUT2D eigenvalue weighted by Crippen LogP contribution is 2.45. The molecule has 4 rings (SSSR count). The molecule has 1 aromatic carbocycles. The first-order chi connectivity index (χ1) is 13.5. The zero-order chi connectivity index (χ0) is 19.8. The molecule has 1 aromatic heterocycles. The molecule has 0 radical (unpaired) electrons. The van der Waals surface area contributed by atoms with Crippen molar-refractivity contribution in [2.75, 3.05) is 6.54 Å². The molecule has 0 aliphatic carbocycles. The largest absolute Gasteiger partial charge is 0.465 e. The van der Waals surface area contributed by atoms with Crippen LogP contribution in [0.25, 0.3) is 0 Å². The van der Waals surface area contributed by atoms with E-state index in [1.54, 1.807) is 22.8 Å². The van der Waals surface area contributed by atoms with E-state index in [2.05, 4.69) is 10.4 Å². The van der Waals surface area contributed by atoms with Crippen LogP contribution in [-0.4, -0.2) is 49.4 Å². The van der Waals surface area contributed by atoms with E-state index in [0.29, 0.717) is 6.54 Å². The Labute approximate surface area is 160 Å². The summed E-state index contributed by atoms with van der Waals surface area (Å²) >= 11 is 0. The van der Waals surface area contributed by atoms with E-state index >= 15 is 0 Å². The van der Waals surface area contributed by atoms with E-state index in [1.807, 2.05) is 30.3 Å². The number of amides is 3. The van der Waals surface area contributed by atoms with Gasteiger partial charge in [0.2, 0.25) is 0 Å². The van der Waals surface area contributed by atoms with Gasteiger partial charge in [0, 0.05) is 19.0 Å². The van der Waals surface area contributed by atoms with E-state index in [9.17, 15) is 9.59 Å². The molecule has 2 aromatic rings. The van der Waals surface area contributed by atoms with Gasteiger partial charge in [-0.1, -0.05) is 30.3 Å². The van der Waals surface area contributed by atoms with Crippen LogP contribution in [0.15, 0.2) is 36.5 Å². The van der Waals surface area contributed by atoms with Crippen LogP contribution in [0.2, 0.25) is 0 Å². The van der Waals surface area contributed by atoms with Crippen LogP contribution in [-0.2, 0) is 18.5 Å². The summed E-state index contributed by atoms with van der Waals surface area (Å²) in [5.74, 6) is -0.181. The van der Waals surface area contributed by atoms with Gasteiger partial charge < -0.3 is 10.0 Å². The summed E-state index contributed by atoms with van der Waals surface area (Å²) in [4.78, 5) is 31.3. The van der Waals surface area contributed by atoms with Crippen molar-refractivity contribution < 1.29 is 19.5 Å². The monoisotopic (exact) mass is 384 g/mol. The summed E-state index contributed by atoms with van der Waals surface area (Å²) in [7, 11) is 1.77. The molecular formula is C18H20N6O4. The van der Waals surface area contributed by atoms with Crippen LogP contribution in [0.3, 0.4) is 0 Å². The van der Waals surface area contributed by atoms with Gasteiger partial charge in [0.05, 0.1) is 24.5 Å². The maximum Gasteiger partial charge on any atom is 0.410 e.